The minimum Gasteiger partial charge on any atom is -0.376 e. The second kappa shape index (κ2) is 6.91. The van der Waals surface area contributed by atoms with E-state index in [0.29, 0.717) is 0 Å². The molecule has 0 saturated heterocycles. The van der Waals surface area contributed by atoms with E-state index in [2.05, 4.69) is 49.2 Å². The molecule has 0 bridgehead atoms. The van der Waals surface area contributed by atoms with Gasteiger partial charge in [-0.3, -0.25) is 4.79 Å². The summed E-state index contributed by atoms with van der Waals surface area (Å²) in [6.07, 6.45) is 0. The van der Waals surface area contributed by atoms with E-state index in [4.69, 9.17) is 0 Å². The molecule has 3 nitrogen and oxygen atoms in total. The Bertz CT molecular complexity index is 572. The number of benzene rings is 2. The molecule has 0 spiro atoms. The third-order valence-corrected chi connectivity index (χ3v) is 3.86. The number of nitrogens with one attached hydrogen (secondary N) is 2. The number of anilines is 2. The summed E-state index contributed by atoms with van der Waals surface area (Å²) in [4.78, 5) is 11.8. The molecule has 0 aromatic heterocycles. The third-order valence-electron chi connectivity index (χ3n) is 2.45. The number of halogens is 2. The Kier molecular flexibility index (Phi) is 5.21. The average molecular weight is 431 g/mol. The van der Waals surface area contributed by atoms with Gasteiger partial charge in [-0.2, -0.15) is 0 Å². The molecular weight excluding hydrogens is 419 g/mol. The van der Waals surface area contributed by atoms with Crippen LogP contribution in [0.1, 0.15) is 0 Å². The van der Waals surface area contributed by atoms with Gasteiger partial charge in [-0.25, -0.2) is 0 Å². The molecule has 0 fully saturated rings. The van der Waals surface area contributed by atoms with Crippen LogP contribution in [-0.4, -0.2) is 12.5 Å². The van der Waals surface area contributed by atoms with Crippen LogP contribution in [0.25, 0.3) is 0 Å². The highest BCUT2D eigenvalue weighted by molar-refractivity contribution is 14.1. The van der Waals surface area contributed by atoms with Crippen LogP contribution in [-0.2, 0) is 4.79 Å². The van der Waals surface area contributed by atoms with Crippen molar-refractivity contribution in [2.24, 2.45) is 0 Å². The van der Waals surface area contributed by atoms with Crippen molar-refractivity contribution >= 4 is 55.8 Å². The van der Waals surface area contributed by atoms with Crippen LogP contribution in [0.5, 0.6) is 0 Å². The van der Waals surface area contributed by atoms with Crippen LogP contribution >= 0.6 is 38.5 Å². The van der Waals surface area contributed by atoms with Gasteiger partial charge < -0.3 is 10.6 Å². The SMILES string of the molecule is O=C(CNc1ccc(I)cc1)Nc1ccccc1Br. The summed E-state index contributed by atoms with van der Waals surface area (Å²) in [5, 5.41) is 5.92. The topological polar surface area (TPSA) is 41.1 Å². The Morgan fingerprint density at radius 3 is 2.47 bits per heavy atom. The maximum Gasteiger partial charge on any atom is 0.243 e. The molecule has 2 rings (SSSR count). The van der Waals surface area contributed by atoms with Gasteiger partial charge in [0.2, 0.25) is 5.91 Å². The number of para-hydroxylation sites is 1. The lowest BCUT2D eigenvalue weighted by molar-refractivity contribution is -0.114. The smallest absolute Gasteiger partial charge is 0.243 e. The number of rotatable bonds is 4. The van der Waals surface area contributed by atoms with Gasteiger partial charge in [-0.1, -0.05) is 12.1 Å². The quantitative estimate of drug-likeness (QED) is 0.717. The van der Waals surface area contributed by atoms with Crippen molar-refractivity contribution in [3.05, 3.63) is 56.6 Å². The van der Waals surface area contributed by atoms with E-state index in [1.54, 1.807) is 0 Å². The molecule has 98 valence electrons. The summed E-state index contributed by atoms with van der Waals surface area (Å²) < 4.78 is 2.04. The second-order valence-electron chi connectivity index (χ2n) is 3.89. The Morgan fingerprint density at radius 1 is 1.11 bits per heavy atom. The number of carbonyl (C=O) groups excluding carboxylic acids is 1. The molecule has 19 heavy (non-hydrogen) atoms. The Morgan fingerprint density at radius 2 is 1.79 bits per heavy atom. The predicted octanol–water partition coefficient (Wildman–Crippen LogP) is 4.10. The molecule has 0 radical (unpaired) electrons. The highest BCUT2D eigenvalue weighted by atomic mass is 127. The monoisotopic (exact) mass is 430 g/mol. The number of carbonyl (C=O) groups is 1. The van der Waals surface area contributed by atoms with Crippen LogP contribution in [0.4, 0.5) is 11.4 Å². The summed E-state index contributed by atoms with van der Waals surface area (Å²) >= 11 is 5.64. The summed E-state index contributed by atoms with van der Waals surface area (Å²) in [7, 11) is 0. The van der Waals surface area contributed by atoms with E-state index < -0.39 is 0 Å². The highest BCUT2D eigenvalue weighted by Gasteiger charge is 2.04. The van der Waals surface area contributed by atoms with Gasteiger partial charge in [0.05, 0.1) is 12.2 Å². The minimum atomic E-state index is -0.0783. The van der Waals surface area contributed by atoms with Crippen LogP contribution in [0, 0.1) is 3.57 Å². The standard InChI is InChI=1S/C14H12BrIN2O/c15-12-3-1-2-4-13(12)18-14(19)9-17-11-7-5-10(16)6-8-11/h1-8,17H,9H2,(H,18,19). The molecule has 2 N–H and O–H groups in total. The molecule has 0 aliphatic heterocycles. The largest absolute Gasteiger partial charge is 0.376 e. The summed E-state index contributed by atoms with van der Waals surface area (Å²) in [6, 6.07) is 15.4. The van der Waals surface area contributed by atoms with Gasteiger partial charge in [-0.15, -0.1) is 0 Å². The molecule has 0 atom stereocenters. The van der Waals surface area contributed by atoms with Gasteiger partial charge in [-0.05, 0) is 74.9 Å². The van der Waals surface area contributed by atoms with E-state index in [9.17, 15) is 4.79 Å². The summed E-state index contributed by atoms with van der Waals surface area (Å²) in [5.41, 5.74) is 1.71. The first-order valence-corrected chi connectivity index (χ1v) is 7.56. The normalized spacial score (nSPS) is 10.0. The predicted molar refractivity (Wildman–Crippen MR) is 90.4 cm³/mol. The molecular formula is C14H12BrIN2O. The van der Waals surface area contributed by atoms with Crippen LogP contribution in [0.3, 0.4) is 0 Å². The zero-order valence-corrected chi connectivity index (χ0v) is 13.7. The first-order chi connectivity index (χ1) is 9.15. The van der Waals surface area contributed by atoms with Gasteiger partial charge >= 0.3 is 0 Å². The van der Waals surface area contributed by atoms with Crippen molar-refractivity contribution in [1.82, 2.24) is 0 Å². The van der Waals surface area contributed by atoms with E-state index in [1.165, 1.54) is 3.57 Å². The maximum absolute atomic E-state index is 11.8. The Balaban J connectivity index is 1.88. The highest BCUT2D eigenvalue weighted by Crippen LogP contribution is 2.21. The second-order valence-corrected chi connectivity index (χ2v) is 5.99. The summed E-state index contributed by atoms with van der Waals surface area (Å²) in [5.74, 6) is -0.0783. The van der Waals surface area contributed by atoms with E-state index in [1.807, 2.05) is 48.5 Å². The van der Waals surface area contributed by atoms with Crippen molar-refractivity contribution in [1.29, 1.82) is 0 Å². The van der Waals surface area contributed by atoms with E-state index >= 15 is 0 Å². The van der Waals surface area contributed by atoms with Crippen LogP contribution in [0.15, 0.2) is 53.0 Å². The molecule has 5 heteroatoms. The molecule has 1 amide bonds. The van der Waals surface area contributed by atoms with Gasteiger partial charge in [0.1, 0.15) is 0 Å². The maximum atomic E-state index is 11.8. The number of amides is 1. The van der Waals surface area contributed by atoms with Crippen molar-refractivity contribution < 1.29 is 4.79 Å². The van der Waals surface area contributed by atoms with Gasteiger partial charge in [0.25, 0.3) is 0 Å². The zero-order chi connectivity index (χ0) is 13.7. The van der Waals surface area contributed by atoms with Gasteiger partial charge in [0.15, 0.2) is 0 Å². The summed E-state index contributed by atoms with van der Waals surface area (Å²) in [6.45, 7) is 0.238. The average Bonchev–Trinajstić information content (AvgIpc) is 2.41. The molecule has 0 saturated carbocycles. The molecule has 0 aliphatic rings. The van der Waals surface area contributed by atoms with Gasteiger partial charge in [0, 0.05) is 13.7 Å². The third kappa shape index (κ3) is 4.50. The molecule has 2 aromatic rings. The van der Waals surface area contributed by atoms with Crippen molar-refractivity contribution in [3.8, 4) is 0 Å². The Hall–Kier alpha value is -1.08. The first kappa shape index (κ1) is 14.3. The molecule has 0 heterocycles. The molecule has 2 aromatic carbocycles. The lowest BCUT2D eigenvalue weighted by atomic mass is 10.3. The van der Waals surface area contributed by atoms with Crippen molar-refractivity contribution in [3.63, 3.8) is 0 Å². The lowest BCUT2D eigenvalue weighted by Gasteiger charge is -2.09. The zero-order valence-electron chi connectivity index (χ0n) is 9.99. The number of hydrogen-bond acceptors (Lipinski definition) is 2. The molecule has 0 aliphatic carbocycles. The van der Waals surface area contributed by atoms with E-state index in [0.717, 1.165) is 15.8 Å². The minimum absolute atomic E-state index is 0.0783. The van der Waals surface area contributed by atoms with Crippen LogP contribution < -0.4 is 10.6 Å². The fraction of sp³-hybridized carbons (Fsp3) is 0.0714. The lowest BCUT2D eigenvalue weighted by Crippen LogP contribution is -2.21. The fourth-order valence-electron chi connectivity index (χ4n) is 1.51. The Labute approximate surface area is 134 Å². The van der Waals surface area contributed by atoms with Crippen molar-refractivity contribution in [2.45, 2.75) is 0 Å². The molecule has 0 unspecified atom stereocenters. The first-order valence-electron chi connectivity index (χ1n) is 5.69. The van der Waals surface area contributed by atoms with E-state index in [-0.39, 0.29) is 12.5 Å². The fourth-order valence-corrected chi connectivity index (χ4v) is 2.25. The van der Waals surface area contributed by atoms with Crippen LogP contribution in [0.2, 0.25) is 0 Å². The number of hydrogen-bond donors (Lipinski definition) is 2. The van der Waals surface area contributed by atoms with Crippen molar-refractivity contribution in [2.75, 3.05) is 17.2 Å².